The van der Waals surface area contributed by atoms with Crippen molar-refractivity contribution < 1.29 is 17.7 Å². The fraction of sp³-hybridized carbons (Fsp3) is 0.448. The molecule has 180 valence electrons. The van der Waals surface area contributed by atoms with Crippen molar-refractivity contribution in [2.75, 3.05) is 0 Å². The highest BCUT2D eigenvalue weighted by Crippen LogP contribution is 2.49. The molecule has 0 radical (unpaired) electrons. The lowest BCUT2D eigenvalue weighted by Crippen LogP contribution is -2.21. The van der Waals surface area contributed by atoms with Crippen LogP contribution in [0.5, 0.6) is 5.75 Å². The molecule has 1 unspecified atom stereocenters. The van der Waals surface area contributed by atoms with E-state index in [9.17, 15) is 13.0 Å². The molecule has 3 aromatic carbocycles. The molecule has 0 aromatic heterocycles. The van der Waals surface area contributed by atoms with E-state index in [4.69, 9.17) is 4.74 Å². The Morgan fingerprint density at radius 2 is 1.35 bits per heavy atom. The summed E-state index contributed by atoms with van der Waals surface area (Å²) in [4.78, 5) is 0. The summed E-state index contributed by atoms with van der Waals surface area (Å²) in [6, 6.07) is 19.2. The van der Waals surface area contributed by atoms with Gasteiger partial charge in [0.25, 0.3) is 0 Å². The monoisotopic (exact) mass is 477 g/mol. The van der Waals surface area contributed by atoms with Crippen LogP contribution in [0.25, 0.3) is 10.8 Å². The average Bonchev–Trinajstić information content (AvgIpc) is 2.87. The van der Waals surface area contributed by atoms with Gasteiger partial charge in [-0.15, -0.1) is 0 Å². The summed E-state index contributed by atoms with van der Waals surface area (Å²) in [7, 11) is -4.74. The highest BCUT2D eigenvalue weighted by Gasteiger charge is 2.31. The molecule has 0 amide bonds. The first-order valence-corrected chi connectivity index (χ1v) is 14.2. The van der Waals surface area contributed by atoms with Gasteiger partial charge in [0.15, 0.2) is 0 Å². The maximum absolute atomic E-state index is 12.5. The highest BCUT2D eigenvalue weighted by atomic mass is 32.2. The van der Waals surface area contributed by atoms with Crippen LogP contribution in [0.15, 0.2) is 60.7 Å². The summed E-state index contributed by atoms with van der Waals surface area (Å²) >= 11 is 0. The molecule has 0 aliphatic heterocycles. The predicted octanol–water partition coefficient (Wildman–Crippen LogP) is 7.56. The van der Waals surface area contributed by atoms with Crippen LogP contribution in [0.2, 0.25) is 0 Å². The third kappa shape index (κ3) is 4.87. The molecule has 5 heteroatoms. The van der Waals surface area contributed by atoms with Crippen LogP contribution in [0, 0.1) is 0 Å². The van der Waals surface area contributed by atoms with Crippen molar-refractivity contribution in [3.05, 3.63) is 77.4 Å². The molecule has 0 spiro atoms. The molecule has 2 aliphatic rings. The topological polar surface area (TPSA) is 66.4 Å². The van der Waals surface area contributed by atoms with Gasteiger partial charge in [-0.05, 0) is 59.9 Å². The number of hydrogen-bond acceptors (Lipinski definition) is 4. The van der Waals surface area contributed by atoms with E-state index in [0.717, 1.165) is 67.9 Å². The number of hydrogen-bond donors (Lipinski definition) is 0. The first kappa shape index (κ1) is 23.4. The zero-order valence-electron chi connectivity index (χ0n) is 19.6. The van der Waals surface area contributed by atoms with Crippen molar-refractivity contribution in [2.45, 2.75) is 81.5 Å². The van der Waals surface area contributed by atoms with Gasteiger partial charge in [0.05, 0.1) is 0 Å². The van der Waals surface area contributed by atoms with E-state index in [0.29, 0.717) is 23.1 Å². The van der Waals surface area contributed by atoms with Gasteiger partial charge in [-0.25, -0.2) is 8.42 Å². The van der Waals surface area contributed by atoms with Crippen molar-refractivity contribution in [1.82, 2.24) is 0 Å². The van der Waals surface area contributed by atoms with Crippen LogP contribution in [0.1, 0.15) is 98.2 Å². The van der Waals surface area contributed by atoms with E-state index < -0.39 is 15.6 Å². The lowest BCUT2D eigenvalue weighted by Gasteiger charge is -2.33. The van der Waals surface area contributed by atoms with Crippen LogP contribution >= 0.6 is 0 Å². The van der Waals surface area contributed by atoms with Gasteiger partial charge in [0.2, 0.25) is 5.44 Å². The van der Waals surface area contributed by atoms with Gasteiger partial charge in [0.1, 0.15) is 15.9 Å². The smallest absolute Gasteiger partial charge is 0.212 e. The maximum Gasteiger partial charge on any atom is 0.212 e. The Hall–Kier alpha value is -2.37. The molecular weight excluding hydrogens is 444 g/mol. The Morgan fingerprint density at radius 1 is 0.765 bits per heavy atom. The number of fused-ring (bicyclic) bond motifs is 1. The van der Waals surface area contributed by atoms with E-state index in [1.165, 1.54) is 18.2 Å². The Bertz CT molecular complexity index is 1220. The summed E-state index contributed by atoms with van der Waals surface area (Å²) < 4.78 is 43.9. The minimum atomic E-state index is -4.74. The summed E-state index contributed by atoms with van der Waals surface area (Å²) in [5.41, 5.74) is 1.03. The number of rotatable bonds is 6. The van der Waals surface area contributed by atoms with Crippen molar-refractivity contribution in [3.63, 3.8) is 0 Å². The third-order valence-electron chi connectivity index (χ3n) is 7.69. The summed E-state index contributed by atoms with van der Waals surface area (Å²) in [6.07, 6.45) is 11.4. The minimum Gasteiger partial charge on any atom is -0.745 e. The van der Waals surface area contributed by atoms with Crippen molar-refractivity contribution in [3.8, 4) is 5.75 Å². The molecule has 0 bridgehead atoms. The normalized spacial score (nSPS) is 19.2. The fourth-order valence-electron chi connectivity index (χ4n) is 6.03. The van der Waals surface area contributed by atoms with Crippen LogP contribution in [-0.4, -0.2) is 13.0 Å². The third-order valence-corrected chi connectivity index (χ3v) is 8.58. The maximum atomic E-state index is 12.5. The van der Waals surface area contributed by atoms with E-state index in [2.05, 4.69) is 24.3 Å². The molecule has 3 aromatic rings. The fourth-order valence-corrected chi connectivity index (χ4v) is 6.74. The molecule has 4 nitrogen and oxygen atoms in total. The number of ether oxygens (including phenoxy) is 1. The van der Waals surface area contributed by atoms with Gasteiger partial charge >= 0.3 is 0 Å². The standard InChI is InChI=1S/C29H34O4S/c30-34(31,32)29(23-16-8-3-9-17-23)33-28-26(21-12-4-1-5-13-21)20-24-18-10-11-19-25(24)27(28)22-14-6-2-7-15-22/h3,8-11,16-22,29H,1-2,4-7,12-15H2,(H,30,31,32)/p-1. The van der Waals surface area contributed by atoms with E-state index in [1.807, 2.05) is 12.1 Å². The van der Waals surface area contributed by atoms with Gasteiger partial charge < -0.3 is 9.29 Å². The second kappa shape index (κ2) is 10.1. The Labute approximate surface area is 203 Å². The van der Waals surface area contributed by atoms with Gasteiger partial charge in [-0.2, -0.15) is 0 Å². The minimum absolute atomic E-state index is 0.308. The van der Waals surface area contributed by atoms with Crippen LogP contribution in [0.4, 0.5) is 0 Å². The highest BCUT2D eigenvalue weighted by molar-refractivity contribution is 7.85. The molecule has 2 aliphatic carbocycles. The van der Waals surface area contributed by atoms with E-state index >= 15 is 0 Å². The van der Waals surface area contributed by atoms with Crippen molar-refractivity contribution in [1.29, 1.82) is 0 Å². The average molecular weight is 478 g/mol. The Kier molecular flexibility index (Phi) is 6.94. The molecular formula is C29H33O4S-. The Balaban J connectivity index is 1.73. The van der Waals surface area contributed by atoms with E-state index in [-0.39, 0.29) is 0 Å². The summed E-state index contributed by atoms with van der Waals surface area (Å²) in [6.45, 7) is 0. The second-order valence-corrected chi connectivity index (χ2v) is 11.4. The number of benzene rings is 3. The Morgan fingerprint density at radius 3 is 2.00 bits per heavy atom. The predicted molar refractivity (Wildman–Crippen MR) is 135 cm³/mol. The summed E-state index contributed by atoms with van der Waals surface area (Å²) in [5, 5.41) is 2.30. The molecule has 0 N–H and O–H groups in total. The summed E-state index contributed by atoms with van der Waals surface area (Å²) in [5.74, 6) is 1.29. The zero-order chi connectivity index (χ0) is 23.5. The van der Waals surface area contributed by atoms with Crippen LogP contribution < -0.4 is 4.74 Å². The van der Waals surface area contributed by atoms with Crippen LogP contribution in [0.3, 0.4) is 0 Å². The van der Waals surface area contributed by atoms with Gasteiger partial charge in [0, 0.05) is 11.1 Å². The van der Waals surface area contributed by atoms with Crippen LogP contribution in [-0.2, 0) is 10.1 Å². The molecule has 1 atom stereocenters. The molecule has 0 heterocycles. The second-order valence-electron chi connectivity index (χ2n) is 9.95. The van der Waals surface area contributed by atoms with Gasteiger partial charge in [-0.1, -0.05) is 93.1 Å². The van der Waals surface area contributed by atoms with Crippen molar-refractivity contribution in [2.24, 2.45) is 0 Å². The lowest BCUT2D eigenvalue weighted by molar-refractivity contribution is 0.249. The van der Waals surface area contributed by atoms with Crippen molar-refractivity contribution >= 4 is 20.9 Å². The van der Waals surface area contributed by atoms with E-state index in [1.54, 1.807) is 24.3 Å². The zero-order valence-corrected chi connectivity index (χ0v) is 20.4. The van der Waals surface area contributed by atoms with Gasteiger partial charge in [-0.3, -0.25) is 0 Å². The first-order chi connectivity index (χ1) is 16.5. The first-order valence-electron chi connectivity index (χ1n) is 12.7. The quantitative estimate of drug-likeness (QED) is 0.344. The molecule has 2 fully saturated rings. The SMILES string of the molecule is O=S(=O)([O-])C(Oc1c(C2CCCCC2)cc2ccccc2c1C1CCCCC1)c1ccccc1. The molecule has 0 saturated heterocycles. The largest absolute Gasteiger partial charge is 0.745 e. The molecule has 5 rings (SSSR count). The molecule has 2 saturated carbocycles. The lowest BCUT2D eigenvalue weighted by atomic mass is 9.77. The molecule has 34 heavy (non-hydrogen) atoms.